The first-order valence-electron chi connectivity index (χ1n) is 7.54. The van der Waals surface area contributed by atoms with Gasteiger partial charge in [-0.05, 0) is 42.2 Å². The third-order valence-corrected chi connectivity index (χ3v) is 6.03. The van der Waals surface area contributed by atoms with Gasteiger partial charge in [-0.2, -0.15) is 0 Å². The highest BCUT2D eigenvalue weighted by Crippen LogP contribution is 2.29. The molecule has 0 bridgehead atoms. The first-order valence-corrected chi connectivity index (χ1v) is 8.66. The highest BCUT2D eigenvalue weighted by atomic mass is 79.9. The monoisotopic (exact) mass is 337 g/mol. The van der Waals surface area contributed by atoms with Crippen LogP contribution in [0.15, 0.2) is 24.3 Å². The molecular formula is C17H24BrNO. The van der Waals surface area contributed by atoms with Crippen molar-refractivity contribution < 1.29 is 4.79 Å². The number of carbonyl (C=O) groups is 1. The molecule has 1 N–H and O–H groups in total. The van der Waals surface area contributed by atoms with Gasteiger partial charge in [0.2, 0.25) is 5.91 Å². The molecule has 1 aromatic carbocycles. The molecule has 0 aromatic heterocycles. The molecule has 1 aromatic rings. The highest BCUT2D eigenvalue weighted by Gasteiger charge is 2.30. The highest BCUT2D eigenvalue weighted by molar-refractivity contribution is 9.09. The minimum absolute atomic E-state index is 0.120. The smallest absolute Gasteiger partial charge is 0.223 e. The SMILES string of the molecule is CCC(CC)(CBr)CNC(=O)C1Cc2ccccc2C1. The summed E-state index contributed by atoms with van der Waals surface area (Å²) >= 11 is 3.60. The van der Waals surface area contributed by atoms with Gasteiger partial charge in [-0.25, -0.2) is 0 Å². The van der Waals surface area contributed by atoms with Crippen molar-refractivity contribution in [3.8, 4) is 0 Å². The Morgan fingerprint density at radius 3 is 2.25 bits per heavy atom. The van der Waals surface area contributed by atoms with Crippen molar-refractivity contribution in [2.45, 2.75) is 39.5 Å². The maximum Gasteiger partial charge on any atom is 0.223 e. The Hall–Kier alpha value is -0.830. The summed E-state index contributed by atoms with van der Waals surface area (Å²) in [6.07, 6.45) is 3.95. The van der Waals surface area contributed by atoms with Gasteiger partial charge in [0.25, 0.3) is 0 Å². The van der Waals surface area contributed by atoms with E-state index in [1.807, 2.05) is 0 Å². The van der Waals surface area contributed by atoms with E-state index in [0.29, 0.717) is 0 Å². The Morgan fingerprint density at radius 1 is 1.25 bits per heavy atom. The molecule has 20 heavy (non-hydrogen) atoms. The van der Waals surface area contributed by atoms with Gasteiger partial charge >= 0.3 is 0 Å². The van der Waals surface area contributed by atoms with Gasteiger partial charge in [0, 0.05) is 17.8 Å². The topological polar surface area (TPSA) is 29.1 Å². The van der Waals surface area contributed by atoms with E-state index >= 15 is 0 Å². The second-order valence-electron chi connectivity index (χ2n) is 5.93. The van der Waals surface area contributed by atoms with E-state index < -0.39 is 0 Å². The van der Waals surface area contributed by atoms with E-state index in [9.17, 15) is 4.79 Å². The fourth-order valence-corrected chi connectivity index (χ4v) is 3.89. The van der Waals surface area contributed by atoms with E-state index in [1.165, 1.54) is 11.1 Å². The van der Waals surface area contributed by atoms with E-state index in [-0.39, 0.29) is 17.2 Å². The number of rotatable bonds is 6. The maximum absolute atomic E-state index is 12.4. The number of fused-ring (bicyclic) bond motifs is 1. The number of nitrogens with one attached hydrogen (secondary N) is 1. The van der Waals surface area contributed by atoms with Crippen molar-refractivity contribution in [2.75, 3.05) is 11.9 Å². The van der Waals surface area contributed by atoms with Crippen molar-refractivity contribution in [3.63, 3.8) is 0 Å². The molecule has 0 spiro atoms. The normalized spacial score (nSPS) is 15.2. The summed E-state index contributed by atoms with van der Waals surface area (Å²) in [5.41, 5.74) is 2.87. The minimum atomic E-state index is 0.120. The number of hydrogen-bond donors (Lipinski definition) is 1. The molecule has 0 saturated heterocycles. The summed E-state index contributed by atoms with van der Waals surface area (Å²) < 4.78 is 0. The zero-order chi connectivity index (χ0) is 14.6. The second-order valence-corrected chi connectivity index (χ2v) is 6.49. The Bertz CT molecular complexity index is 435. The lowest BCUT2D eigenvalue weighted by atomic mass is 9.84. The molecule has 0 fully saturated rings. The van der Waals surface area contributed by atoms with Crippen LogP contribution in [0.4, 0.5) is 0 Å². The number of halogens is 1. The summed E-state index contributed by atoms with van der Waals surface area (Å²) in [6.45, 7) is 5.17. The summed E-state index contributed by atoms with van der Waals surface area (Å²) in [5.74, 6) is 0.336. The van der Waals surface area contributed by atoms with Crippen molar-refractivity contribution in [1.82, 2.24) is 5.32 Å². The molecule has 1 amide bonds. The summed E-state index contributed by atoms with van der Waals surface area (Å²) in [6, 6.07) is 8.40. The lowest BCUT2D eigenvalue weighted by Gasteiger charge is -2.30. The van der Waals surface area contributed by atoms with Crippen LogP contribution in [0, 0.1) is 11.3 Å². The Kier molecular flexibility index (Phi) is 5.25. The molecule has 0 atom stereocenters. The zero-order valence-corrected chi connectivity index (χ0v) is 14.0. The van der Waals surface area contributed by atoms with Crippen LogP contribution < -0.4 is 5.32 Å². The number of benzene rings is 1. The maximum atomic E-state index is 12.4. The summed E-state index contributed by atoms with van der Waals surface area (Å²) in [5, 5.41) is 4.13. The molecule has 3 heteroatoms. The quantitative estimate of drug-likeness (QED) is 0.787. The Morgan fingerprint density at radius 2 is 1.80 bits per heavy atom. The fourth-order valence-electron chi connectivity index (χ4n) is 2.90. The van der Waals surface area contributed by atoms with Gasteiger partial charge in [0.15, 0.2) is 0 Å². The standard InChI is InChI=1S/C17H24BrNO/c1-3-17(4-2,11-18)12-19-16(20)15-9-13-7-5-6-8-14(13)10-15/h5-8,15H,3-4,9-12H2,1-2H3,(H,19,20). The van der Waals surface area contributed by atoms with Crippen molar-refractivity contribution in [2.24, 2.45) is 11.3 Å². The first-order chi connectivity index (χ1) is 9.64. The number of hydrogen-bond acceptors (Lipinski definition) is 1. The minimum Gasteiger partial charge on any atom is -0.355 e. The van der Waals surface area contributed by atoms with Gasteiger partial charge in [-0.3, -0.25) is 4.79 Å². The fraction of sp³-hybridized carbons (Fsp3) is 0.588. The van der Waals surface area contributed by atoms with Crippen LogP contribution in [0.5, 0.6) is 0 Å². The molecule has 0 aliphatic heterocycles. The number of carbonyl (C=O) groups excluding carboxylic acids is 1. The third kappa shape index (κ3) is 3.25. The molecule has 2 nitrogen and oxygen atoms in total. The van der Waals surface area contributed by atoms with E-state index in [4.69, 9.17) is 0 Å². The van der Waals surface area contributed by atoms with Crippen LogP contribution in [0.25, 0.3) is 0 Å². The van der Waals surface area contributed by atoms with Crippen LogP contribution in [-0.4, -0.2) is 17.8 Å². The van der Waals surface area contributed by atoms with Gasteiger partial charge in [-0.1, -0.05) is 54.0 Å². The van der Waals surface area contributed by atoms with E-state index in [2.05, 4.69) is 59.4 Å². The molecule has 0 saturated carbocycles. The molecule has 2 rings (SSSR count). The van der Waals surface area contributed by atoms with Crippen molar-refractivity contribution >= 4 is 21.8 Å². The van der Waals surface area contributed by atoms with Crippen molar-refractivity contribution in [1.29, 1.82) is 0 Å². The largest absolute Gasteiger partial charge is 0.355 e. The Balaban J connectivity index is 1.91. The lowest BCUT2D eigenvalue weighted by Crippen LogP contribution is -2.41. The average Bonchev–Trinajstić information content (AvgIpc) is 2.93. The molecule has 110 valence electrons. The molecule has 0 heterocycles. The van der Waals surface area contributed by atoms with E-state index in [1.54, 1.807) is 0 Å². The van der Waals surface area contributed by atoms with Gasteiger partial charge in [-0.15, -0.1) is 0 Å². The number of alkyl halides is 1. The zero-order valence-electron chi connectivity index (χ0n) is 12.4. The molecule has 0 radical (unpaired) electrons. The predicted octanol–water partition coefficient (Wildman–Crippen LogP) is 3.72. The molecular weight excluding hydrogens is 314 g/mol. The van der Waals surface area contributed by atoms with Crippen LogP contribution in [0.2, 0.25) is 0 Å². The van der Waals surface area contributed by atoms with Gasteiger partial charge < -0.3 is 5.32 Å². The van der Waals surface area contributed by atoms with Crippen LogP contribution in [0.1, 0.15) is 37.8 Å². The average molecular weight is 338 g/mol. The van der Waals surface area contributed by atoms with Gasteiger partial charge in [0.05, 0.1) is 0 Å². The van der Waals surface area contributed by atoms with Crippen LogP contribution in [-0.2, 0) is 17.6 Å². The molecule has 0 unspecified atom stereocenters. The first kappa shape index (κ1) is 15.6. The van der Waals surface area contributed by atoms with E-state index in [0.717, 1.165) is 37.6 Å². The summed E-state index contributed by atoms with van der Waals surface area (Å²) in [7, 11) is 0. The molecule has 1 aliphatic rings. The number of amides is 1. The van der Waals surface area contributed by atoms with Crippen LogP contribution >= 0.6 is 15.9 Å². The predicted molar refractivity (Wildman–Crippen MR) is 87.2 cm³/mol. The molecule has 1 aliphatic carbocycles. The van der Waals surface area contributed by atoms with Gasteiger partial charge in [0.1, 0.15) is 0 Å². The van der Waals surface area contributed by atoms with Crippen LogP contribution in [0.3, 0.4) is 0 Å². The summed E-state index contributed by atoms with van der Waals surface area (Å²) in [4.78, 5) is 12.4. The Labute approximate surface area is 130 Å². The van der Waals surface area contributed by atoms with Crippen molar-refractivity contribution in [3.05, 3.63) is 35.4 Å². The lowest BCUT2D eigenvalue weighted by molar-refractivity contribution is -0.125. The third-order valence-electron chi connectivity index (χ3n) is 4.84. The second kappa shape index (κ2) is 6.75.